The molecule has 3 nitrogen and oxygen atoms in total. The lowest BCUT2D eigenvalue weighted by Crippen LogP contribution is -1.99. The average molecular weight is 165 g/mol. The number of ketones is 1. The monoisotopic (exact) mass is 165 g/mol. The fraction of sp³-hybridized carbons (Fsp3) is 0.333. The smallest absolute Gasteiger partial charge is 0.195 e. The summed E-state index contributed by atoms with van der Waals surface area (Å²) in [6.07, 6.45) is 4.14. The Bertz CT molecular complexity index is 252. The van der Waals surface area contributed by atoms with Gasteiger partial charge in [-0.15, -0.1) is 0 Å². The summed E-state index contributed by atoms with van der Waals surface area (Å²) in [6, 6.07) is 3.88. The number of aromatic amines is 1. The lowest BCUT2D eigenvalue weighted by Gasteiger charge is -1.93. The Labute approximate surface area is 70.8 Å². The van der Waals surface area contributed by atoms with E-state index in [1.165, 1.54) is 0 Å². The van der Waals surface area contributed by atoms with E-state index < -0.39 is 0 Å². The van der Waals surface area contributed by atoms with Crippen LogP contribution in [0, 0.1) is 0 Å². The molecular formula is C9H11NO2. The zero-order chi connectivity index (χ0) is 8.81. The normalized spacial score (nSPS) is 9.67. The van der Waals surface area contributed by atoms with Crippen molar-refractivity contribution >= 4 is 12.1 Å². The quantitative estimate of drug-likeness (QED) is 0.524. The summed E-state index contributed by atoms with van der Waals surface area (Å²) < 4.78 is 0. The molecule has 0 amide bonds. The van der Waals surface area contributed by atoms with Gasteiger partial charge in [0, 0.05) is 18.3 Å². The number of aryl methyl sites for hydroxylation is 1. The molecule has 0 fully saturated rings. The van der Waals surface area contributed by atoms with Crippen LogP contribution in [0.25, 0.3) is 0 Å². The molecule has 0 aliphatic heterocycles. The molecule has 0 unspecified atom stereocenters. The van der Waals surface area contributed by atoms with E-state index in [-0.39, 0.29) is 5.78 Å². The SMILES string of the molecule is O=CC(=O)CCCc1ccc[nH]1. The topological polar surface area (TPSA) is 49.9 Å². The van der Waals surface area contributed by atoms with Crippen molar-refractivity contribution in [2.45, 2.75) is 19.3 Å². The predicted octanol–water partition coefficient (Wildman–Crippen LogP) is 1.11. The van der Waals surface area contributed by atoms with Crippen LogP contribution in [0.2, 0.25) is 0 Å². The first-order valence-electron chi connectivity index (χ1n) is 3.93. The third-order valence-electron chi connectivity index (χ3n) is 1.66. The van der Waals surface area contributed by atoms with Crippen LogP contribution in [0.15, 0.2) is 18.3 Å². The first-order valence-corrected chi connectivity index (χ1v) is 3.93. The summed E-state index contributed by atoms with van der Waals surface area (Å²) in [5, 5.41) is 0. The number of hydrogen-bond acceptors (Lipinski definition) is 2. The van der Waals surface area contributed by atoms with Gasteiger partial charge in [0.15, 0.2) is 12.1 Å². The highest BCUT2D eigenvalue weighted by molar-refractivity contribution is 6.24. The first-order chi connectivity index (χ1) is 5.83. The third kappa shape index (κ3) is 2.70. The molecule has 1 aromatic rings. The minimum Gasteiger partial charge on any atom is -0.365 e. The molecule has 1 heterocycles. The fourth-order valence-corrected chi connectivity index (χ4v) is 1.04. The van der Waals surface area contributed by atoms with Gasteiger partial charge >= 0.3 is 0 Å². The summed E-state index contributed by atoms with van der Waals surface area (Å²) in [7, 11) is 0. The maximum atomic E-state index is 10.6. The van der Waals surface area contributed by atoms with Crippen LogP contribution in [-0.2, 0) is 16.0 Å². The number of rotatable bonds is 5. The maximum absolute atomic E-state index is 10.6. The predicted molar refractivity (Wildman–Crippen MR) is 44.8 cm³/mol. The molecule has 1 aromatic heterocycles. The largest absolute Gasteiger partial charge is 0.365 e. The van der Waals surface area contributed by atoms with Crippen molar-refractivity contribution in [2.75, 3.05) is 0 Å². The van der Waals surface area contributed by atoms with E-state index >= 15 is 0 Å². The number of carbonyl (C=O) groups excluding carboxylic acids is 2. The third-order valence-corrected chi connectivity index (χ3v) is 1.66. The number of hydrogen-bond donors (Lipinski definition) is 1. The van der Waals surface area contributed by atoms with E-state index in [1.54, 1.807) is 0 Å². The number of aromatic nitrogens is 1. The van der Waals surface area contributed by atoms with E-state index in [0.29, 0.717) is 12.7 Å². The molecule has 0 aliphatic carbocycles. The molecule has 0 aliphatic rings. The van der Waals surface area contributed by atoms with Gasteiger partial charge in [0.05, 0.1) is 0 Å². The lowest BCUT2D eigenvalue weighted by atomic mass is 10.1. The zero-order valence-electron chi connectivity index (χ0n) is 6.75. The molecule has 0 bridgehead atoms. The van der Waals surface area contributed by atoms with Crippen molar-refractivity contribution < 1.29 is 9.59 Å². The van der Waals surface area contributed by atoms with E-state index in [9.17, 15) is 9.59 Å². The first kappa shape index (κ1) is 8.71. The molecule has 0 spiro atoms. The molecule has 12 heavy (non-hydrogen) atoms. The second-order valence-corrected chi connectivity index (χ2v) is 2.63. The van der Waals surface area contributed by atoms with Crippen LogP contribution in [-0.4, -0.2) is 17.1 Å². The van der Waals surface area contributed by atoms with Crippen LogP contribution in [0.1, 0.15) is 18.5 Å². The van der Waals surface area contributed by atoms with Crippen molar-refractivity contribution in [1.29, 1.82) is 0 Å². The minimum absolute atomic E-state index is 0.318. The van der Waals surface area contributed by atoms with Crippen molar-refractivity contribution in [1.82, 2.24) is 4.98 Å². The van der Waals surface area contributed by atoms with E-state index in [2.05, 4.69) is 4.98 Å². The van der Waals surface area contributed by atoms with Gasteiger partial charge in [-0.3, -0.25) is 9.59 Å². The molecule has 0 atom stereocenters. The van der Waals surface area contributed by atoms with Crippen LogP contribution >= 0.6 is 0 Å². The molecule has 3 heteroatoms. The Morgan fingerprint density at radius 2 is 2.42 bits per heavy atom. The second kappa shape index (κ2) is 4.49. The van der Waals surface area contributed by atoms with Gasteiger partial charge in [-0.25, -0.2) is 0 Å². The van der Waals surface area contributed by atoms with Crippen molar-refractivity contribution in [2.24, 2.45) is 0 Å². The lowest BCUT2D eigenvalue weighted by molar-refractivity contribution is -0.129. The van der Waals surface area contributed by atoms with Gasteiger partial charge in [-0.1, -0.05) is 0 Å². The summed E-state index contributed by atoms with van der Waals surface area (Å²) >= 11 is 0. The maximum Gasteiger partial charge on any atom is 0.195 e. The van der Waals surface area contributed by atoms with Gasteiger partial charge in [0.1, 0.15) is 0 Å². The average Bonchev–Trinajstić information content (AvgIpc) is 2.57. The Hall–Kier alpha value is -1.38. The molecule has 64 valence electrons. The van der Waals surface area contributed by atoms with Crippen molar-refractivity contribution in [3.05, 3.63) is 24.0 Å². The molecule has 0 saturated heterocycles. The number of carbonyl (C=O) groups is 2. The van der Waals surface area contributed by atoms with Gasteiger partial charge in [-0.2, -0.15) is 0 Å². The summed E-state index contributed by atoms with van der Waals surface area (Å²) in [6.45, 7) is 0. The molecule has 0 radical (unpaired) electrons. The van der Waals surface area contributed by atoms with E-state index in [0.717, 1.165) is 18.5 Å². The highest BCUT2D eigenvalue weighted by atomic mass is 16.2. The zero-order valence-corrected chi connectivity index (χ0v) is 6.75. The molecule has 1 N–H and O–H groups in total. The second-order valence-electron chi connectivity index (χ2n) is 2.63. The van der Waals surface area contributed by atoms with Crippen LogP contribution < -0.4 is 0 Å². The highest BCUT2D eigenvalue weighted by Crippen LogP contribution is 2.01. The highest BCUT2D eigenvalue weighted by Gasteiger charge is 1.99. The van der Waals surface area contributed by atoms with E-state index in [4.69, 9.17) is 0 Å². The van der Waals surface area contributed by atoms with Crippen molar-refractivity contribution in [3.63, 3.8) is 0 Å². The van der Waals surface area contributed by atoms with Gasteiger partial charge in [-0.05, 0) is 25.0 Å². The Kier molecular flexibility index (Phi) is 3.26. The minimum atomic E-state index is -0.318. The molecular weight excluding hydrogens is 154 g/mol. The van der Waals surface area contributed by atoms with Gasteiger partial charge in [0.25, 0.3) is 0 Å². The van der Waals surface area contributed by atoms with Crippen LogP contribution in [0.3, 0.4) is 0 Å². The molecule has 1 rings (SSSR count). The van der Waals surface area contributed by atoms with E-state index in [1.807, 2.05) is 18.3 Å². The molecule has 0 aromatic carbocycles. The van der Waals surface area contributed by atoms with Crippen molar-refractivity contribution in [3.8, 4) is 0 Å². The summed E-state index contributed by atoms with van der Waals surface area (Å²) in [4.78, 5) is 23.5. The Morgan fingerprint density at radius 1 is 1.58 bits per heavy atom. The standard InChI is InChI=1S/C9H11NO2/c11-7-9(12)5-1-3-8-4-2-6-10-8/h2,4,6-7,10H,1,3,5H2. The molecule has 0 saturated carbocycles. The van der Waals surface area contributed by atoms with Gasteiger partial charge in [0.2, 0.25) is 0 Å². The van der Waals surface area contributed by atoms with Gasteiger partial charge < -0.3 is 4.98 Å². The Balaban J connectivity index is 2.19. The summed E-state index contributed by atoms with van der Waals surface area (Å²) in [5.41, 5.74) is 1.11. The fourth-order valence-electron chi connectivity index (χ4n) is 1.04. The van der Waals surface area contributed by atoms with Crippen LogP contribution in [0.4, 0.5) is 0 Å². The van der Waals surface area contributed by atoms with Crippen LogP contribution in [0.5, 0.6) is 0 Å². The Morgan fingerprint density at radius 3 is 3.00 bits per heavy atom. The number of aldehydes is 1. The summed E-state index contributed by atoms with van der Waals surface area (Å²) in [5.74, 6) is -0.318. The number of Topliss-reactive ketones (excluding diaryl/α,β-unsaturated/α-hetero) is 1. The number of nitrogens with one attached hydrogen (secondary N) is 1. The number of H-pyrrole nitrogens is 1.